The number of carboxylic acids is 1. The van der Waals surface area contributed by atoms with Crippen molar-refractivity contribution >= 4 is 23.6 Å². The van der Waals surface area contributed by atoms with Crippen molar-refractivity contribution in [3.63, 3.8) is 0 Å². The molecule has 1 rings (SSSR count). The molecule has 1 unspecified atom stereocenters. The number of carboxylic acid groups (broad SMARTS) is 1. The Morgan fingerprint density at radius 2 is 2.00 bits per heavy atom. The summed E-state index contributed by atoms with van der Waals surface area (Å²) in [4.78, 5) is 35.1. The van der Waals surface area contributed by atoms with Crippen LogP contribution in [0.4, 0.5) is 10.5 Å². The molecular weight excluding hydrogens is 326 g/mol. The molecule has 1 aromatic carbocycles. The fraction of sp³-hybridized carbons (Fsp3) is 0.353. The van der Waals surface area contributed by atoms with Gasteiger partial charge in [0.2, 0.25) is 0 Å². The van der Waals surface area contributed by atoms with Crippen LogP contribution >= 0.6 is 0 Å². The van der Waals surface area contributed by atoms with Gasteiger partial charge < -0.3 is 25.8 Å². The highest BCUT2D eigenvalue weighted by molar-refractivity contribution is 5.98. The highest BCUT2D eigenvalue weighted by atomic mass is 16.5. The fourth-order valence-electron chi connectivity index (χ4n) is 1.85. The minimum atomic E-state index is -1.21. The van der Waals surface area contributed by atoms with Crippen LogP contribution in [0.15, 0.2) is 36.9 Å². The molecule has 0 heterocycles. The van der Waals surface area contributed by atoms with E-state index in [4.69, 9.17) is 9.84 Å². The van der Waals surface area contributed by atoms with Crippen LogP contribution in [0.1, 0.15) is 24.2 Å². The van der Waals surface area contributed by atoms with E-state index in [0.717, 1.165) is 0 Å². The Morgan fingerprint density at radius 1 is 1.28 bits per heavy atom. The average Bonchev–Trinajstić information content (AvgIpc) is 2.53. The smallest absolute Gasteiger partial charge is 0.328 e. The second-order valence-corrected chi connectivity index (χ2v) is 5.52. The van der Waals surface area contributed by atoms with Gasteiger partial charge in [-0.3, -0.25) is 4.79 Å². The topological polar surface area (TPSA) is 117 Å². The Labute approximate surface area is 146 Å². The first-order valence-corrected chi connectivity index (χ1v) is 7.73. The summed E-state index contributed by atoms with van der Waals surface area (Å²) in [5.41, 5.74) is 0.637. The molecule has 0 aliphatic rings. The molecule has 0 radical (unpaired) electrons. The third-order valence-corrected chi connectivity index (χ3v) is 2.93. The Hall–Kier alpha value is -2.87. The van der Waals surface area contributed by atoms with E-state index >= 15 is 0 Å². The molecule has 1 atom stereocenters. The van der Waals surface area contributed by atoms with Crippen molar-refractivity contribution < 1.29 is 24.2 Å². The van der Waals surface area contributed by atoms with E-state index in [1.165, 1.54) is 18.2 Å². The lowest BCUT2D eigenvalue weighted by Crippen LogP contribution is -2.44. The number of anilines is 1. The van der Waals surface area contributed by atoms with Gasteiger partial charge in [0.1, 0.15) is 0 Å². The SMILES string of the molecule is C=CCOCC(NC(=O)c1cccc(NC(=O)NC(C)C)c1)C(=O)O. The molecule has 0 aliphatic carbocycles. The summed E-state index contributed by atoms with van der Waals surface area (Å²) in [7, 11) is 0. The number of amides is 3. The number of hydrogen-bond acceptors (Lipinski definition) is 4. The summed E-state index contributed by atoms with van der Waals surface area (Å²) < 4.78 is 5.08. The number of benzene rings is 1. The van der Waals surface area contributed by atoms with E-state index in [2.05, 4.69) is 22.5 Å². The summed E-state index contributed by atoms with van der Waals surface area (Å²) in [5, 5.41) is 16.8. The van der Waals surface area contributed by atoms with E-state index < -0.39 is 23.9 Å². The first kappa shape index (κ1) is 20.2. The number of ether oxygens (including phenoxy) is 1. The zero-order chi connectivity index (χ0) is 18.8. The monoisotopic (exact) mass is 349 g/mol. The summed E-state index contributed by atoms with van der Waals surface area (Å²) in [6.45, 7) is 7.12. The van der Waals surface area contributed by atoms with Crippen LogP contribution in [0, 0.1) is 0 Å². The fourth-order valence-corrected chi connectivity index (χ4v) is 1.85. The van der Waals surface area contributed by atoms with Crippen LogP contribution in [0.25, 0.3) is 0 Å². The van der Waals surface area contributed by atoms with Gasteiger partial charge in [-0.05, 0) is 32.0 Å². The maximum atomic E-state index is 12.2. The molecular formula is C17H23N3O5. The van der Waals surface area contributed by atoms with Crippen molar-refractivity contribution in [2.75, 3.05) is 18.5 Å². The van der Waals surface area contributed by atoms with E-state index in [9.17, 15) is 14.4 Å². The Morgan fingerprint density at radius 3 is 2.60 bits per heavy atom. The largest absolute Gasteiger partial charge is 0.480 e. The van der Waals surface area contributed by atoms with Gasteiger partial charge >= 0.3 is 12.0 Å². The number of aliphatic carboxylic acids is 1. The van der Waals surface area contributed by atoms with E-state index in [1.54, 1.807) is 12.1 Å². The zero-order valence-electron chi connectivity index (χ0n) is 14.2. The lowest BCUT2D eigenvalue weighted by molar-refractivity contribution is -0.140. The van der Waals surface area contributed by atoms with E-state index in [1.807, 2.05) is 13.8 Å². The Bertz CT molecular complexity index is 630. The van der Waals surface area contributed by atoms with Gasteiger partial charge in [0.15, 0.2) is 6.04 Å². The lowest BCUT2D eigenvalue weighted by Gasteiger charge is -2.15. The molecule has 136 valence electrons. The number of nitrogens with one attached hydrogen (secondary N) is 3. The molecule has 0 saturated heterocycles. The maximum absolute atomic E-state index is 12.2. The van der Waals surface area contributed by atoms with Gasteiger partial charge in [0, 0.05) is 17.3 Å². The summed E-state index contributed by atoms with van der Waals surface area (Å²) in [6.07, 6.45) is 1.48. The standard InChI is InChI=1S/C17H23N3O5/c1-4-8-25-10-14(16(22)23)20-15(21)12-6-5-7-13(9-12)19-17(24)18-11(2)3/h4-7,9,11,14H,1,8,10H2,2-3H3,(H,20,21)(H,22,23)(H2,18,19,24). The average molecular weight is 349 g/mol. The number of urea groups is 1. The van der Waals surface area contributed by atoms with Crippen LogP contribution in [0.5, 0.6) is 0 Å². The molecule has 1 aromatic rings. The molecule has 0 saturated carbocycles. The van der Waals surface area contributed by atoms with Crippen LogP contribution < -0.4 is 16.0 Å². The van der Waals surface area contributed by atoms with Crippen molar-refractivity contribution in [2.24, 2.45) is 0 Å². The van der Waals surface area contributed by atoms with Crippen molar-refractivity contribution in [1.29, 1.82) is 0 Å². The number of carbonyl (C=O) groups excluding carboxylic acids is 2. The zero-order valence-corrected chi connectivity index (χ0v) is 14.2. The lowest BCUT2D eigenvalue weighted by atomic mass is 10.1. The molecule has 0 aromatic heterocycles. The first-order valence-electron chi connectivity index (χ1n) is 7.73. The maximum Gasteiger partial charge on any atom is 0.328 e. The van der Waals surface area contributed by atoms with Gasteiger partial charge in [-0.25, -0.2) is 9.59 Å². The van der Waals surface area contributed by atoms with Crippen molar-refractivity contribution in [1.82, 2.24) is 10.6 Å². The van der Waals surface area contributed by atoms with Crippen LogP contribution in [-0.4, -0.2) is 48.3 Å². The van der Waals surface area contributed by atoms with E-state index in [0.29, 0.717) is 5.69 Å². The molecule has 0 spiro atoms. The normalized spacial score (nSPS) is 11.5. The van der Waals surface area contributed by atoms with Gasteiger partial charge in [-0.1, -0.05) is 12.1 Å². The van der Waals surface area contributed by atoms with Crippen molar-refractivity contribution in [2.45, 2.75) is 25.9 Å². The van der Waals surface area contributed by atoms with Crippen molar-refractivity contribution in [3.05, 3.63) is 42.5 Å². The molecule has 0 fully saturated rings. The molecule has 4 N–H and O–H groups in total. The predicted molar refractivity (Wildman–Crippen MR) is 93.6 cm³/mol. The minimum Gasteiger partial charge on any atom is -0.480 e. The Balaban J connectivity index is 2.73. The van der Waals surface area contributed by atoms with Crippen LogP contribution in [-0.2, 0) is 9.53 Å². The number of carbonyl (C=O) groups is 3. The van der Waals surface area contributed by atoms with Crippen LogP contribution in [0.3, 0.4) is 0 Å². The molecule has 8 nitrogen and oxygen atoms in total. The quantitative estimate of drug-likeness (QED) is 0.399. The number of hydrogen-bond donors (Lipinski definition) is 4. The minimum absolute atomic E-state index is 0.0293. The molecule has 3 amide bonds. The third kappa shape index (κ3) is 7.49. The molecule has 25 heavy (non-hydrogen) atoms. The second-order valence-electron chi connectivity index (χ2n) is 5.52. The van der Waals surface area contributed by atoms with Gasteiger partial charge in [-0.2, -0.15) is 0 Å². The summed E-state index contributed by atoms with van der Waals surface area (Å²) in [5.74, 6) is -1.79. The van der Waals surface area contributed by atoms with Gasteiger partial charge in [0.05, 0.1) is 13.2 Å². The van der Waals surface area contributed by atoms with E-state index in [-0.39, 0.29) is 24.8 Å². The Kier molecular flexibility index (Phi) is 8.14. The predicted octanol–water partition coefficient (Wildman–Crippen LogP) is 1.60. The van der Waals surface area contributed by atoms with Gasteiger partial charge in [0.25, 0.3) is 5.91 Å². The summed E-state index contributed by atoms with van der Waals surface area (Å²) in [6, 6.07) is 4.58. The number of rotatable bonds is 9. The van der Waals surface area contributed by atoms with Gasteiger partial charge in [-0.15, -0.1) is 6.58 Å². The molecule has 0 aliphatic heterocycles. The highest BCUT2D eigenvalue weighted by Crippen LogP contribution is 2.11. The summed E-state index contributed by atoms with van der Waals surface area (Å²) >= 11 is 0. The molecule has 8 heteroatoms. The highest BCUT2D eigenvalue weighted by Gasteiger charge is 2.21. The second kappa shape index (κ2) is 10.1. The molecule has 0 bridgehead atoms. The third-order valence-electron chi connectivity index (χ3n) is 2.93. The van der Waals surface area contributed by atoms with Crippen LogP contribution in [0.2, 0.25) is 0 Å². The van der Waals surface area contributed by atoms with Crippen molar-refractivity contribution in [3.8, 4) is 0 Å². The first-order chi connectivity index (χ1) is 11.8.